The average Bonchev–Trinajstić information content (AvgIpc) is 3.81. The maximum absolute atomic E-state index is 9.36. The molecule has 0 amide bonds. The lowest BCUT2D eigenvalue weighted by molar-refractivity contribution is 0.470. The molecular weight excluding hydrogens is 778 g/mol. The second-order valence-electron chi connectivity index (χ2n) is 18.9. The van der Waals surface area contributed by atoms with Crippen LogP contribution in [0.5, 0.6) is 0 Å². The van der Waals surface area contributed by atoms with E-state index in [1.807, 2.05) is 0 Å². The number of hydrogen-bond acceptors (Lipinski definition) is 0. The van der Waals surface area contributed by atoms with Crippen molar-refractivity contribution in [3.05, 3.63) is 141 Å². The lowest BCUT2D eigenvalue weighted by Crippen LogP contribution is -2.49. The van der Waals surface area contributed by atoms with Crippen LogP contribution in [-0.2, 0) is 0 Å². The molecule has 0 aromatic heterocycles. The van der Waals surface area contributed by atoms with Gasteiger partial charge >= 0.3 is 0 Å². The van der Waals surface area contributed by atoms with Gasteiger partial charge in [0.05, 0.1) is 9.99 Å². The number of rotatable bonds is 6. The molecule has 1 aliphatic heterocycles. The van der Waals surface area contributed by atoms with Crippen LogP contribution in [0.3, 0.4) is 0 Å². The summed E-state index contributed by atoms with van der Waals surface area (Å²) in [5.74, 6) is 0. The fourth-order valence-corrected chi connectivity index (χ4v) is 22.5. The molecule has 9 rings (SSSR count). The summed E-state index contributed by atoms with van der Waals surface area (Å²) in [6.07, 6.45) is 18.4. The van der Waals surface area contributed by atoms with Crippen LogP contribution < -0.4 is 9.80 Å². The molecule has 0 bridgehead atoms. The number of benzene rings is 4. The molecule has 3 saturated carbocycles. The SMILES string of the molecule is Cc1cc(C)c(N2CCN(c3c(C)cc(C)cc3C)C2=P(C2CCCCC2)(C2CCCCC2)C2(Cl)CCCC(Cl)C2=C2C=C(c3ccccc3)c3ccccc32)c(C)c1. The van der Waals surface area contributed by atoms with Crippen LogP contribution in [0.4, 0.5) is 11.4 Å². The van der Waals surface area contributed by atoms with Gasteiger partial charge in [-0.2, -0.15) is 0 Å². The molecule has 4 aliphatic carbocycles. The quantitative estimate of drug-likeness (QED) is 0.141. The fourth-order valence-electron chi connectivity index (χ4n) is 13.0. The summed E-state index contributed by atoms with van der Waals surface area (Å²) < 4.78 is -0.595. The summed E-state index contributed by atoms with van der Waals surface area (Å²) in [7, 11) is 0. The standard InChI is InChI=1S/C54H65Cl2N2P/c1-36-31-38(3)51(39(4)32-36)57-29-30-58(52-40(5)33-37(2)34-41(52)6)53(57)59(43-21-12-8-13-22-43,44-23-14-9-15-24-44)54(56)28-18-27-49(55)50(54)48-35-47(42-19-10-7-11-20-42)45-25-16-17-26-46(45)48/h7,10-11,16-17,19-20,25-26,31-35,43-44,49H,8-9,12-15,18,21-24,27-30H2,1-6H3. The van der Waals surface area contributed by atoms with E-state index >= 15 is 0 Å². The normalized spacial score (nSPS) is 24.5. The van der Waals surface area contributed by atoms with Crippen molar-refractivity contribution >= 4 is 58.2 Å². The number of hydrogen-bond donors (Lipinski definition) is 0. The number of nitrogens with zero attached hydrogens (tertiary/aromatic N) is 2. The van der Waals surface area contributed by atoms with Gasteiger partial charge in [-0.3, -0.25) is 0 Å². The molecule has 2 unspecified atom stereocenters. The van der Waals surface area contributed by atoms with E-state index in [-0.39, 0.29) is 5.38 Å². The van der Waals surface area contributed by atoms with Gasteiger partial charge in [-0.25, -0.2) is 0 Å². The van der Waals surface area contributed by atoms with E-state index in [1.54, 1.807) is 5.54 Å². The Morgan fingerprint density at radius 2 is 1.05 bits per heavy atom. The Labute approximate surface area is 366 Å². The first-order valence-corrected chi connectivity index (χ1v) is 25.7. The first kappa shape index (κ1) is 41.2. The maximum atomic E-state index is 9.36. The molecule has 1 saturated heterocycles. The van der Waals surface area contributed by atoms with E-state index < -0.39 is 11.5 Å². The molecule has 2 nitrogen and oxygen atoms in total. The predicted molar refractivity (Wildman–Crippen MR) is 261 cm³/mol. The van der Waals surface area contributed by atoms with Crippen LogP contribution in [-0.4, -0.2) is 39.9 Å². The van der Waals surface area contributed by atoms with Crippen molar-refractivity contribution in [1.29, 1.82) is 0 Å². The highest BCUT2D eigenvalue weighted by Crippen LogP contribution is 2.80. The zero-order valence-electron chi connectivity index (χ0n) is 36.5. The van der Waals surface area contributed by atoms with Crippen molar-refractivity contribution in [3.8, 4) is 0 Å². The Hall–Kier alpha value is -3.16. The minimum Gasteiger partial charge on any atom is -0.326 e. The molecule has 4 aromatic rings. The summed E-state index contributed by atoms with van der Waals surface area (Å²) >= 11 is 17.4. The molecule has 5 heteroatoms. The highest BCUT2D eigenvalue weighted by atomic mass is 35.5. The number of fused-ring (bicyclic) bond motifs is 1. The van der Waals surface area contributed by atoms with Gasteiger partial charge in [0, 0.05) is 24.5 Å². The number of halogens is 2. The molecule has 4 fully saturated rings. The number of anilines is 2. The molecule has 0 spiro atoms. The summed E-state index contributed by atoms with van der Waals surface area (Å²) in [5.41, 5.74) is 21.5. The smallest absolute Gasteiger partial charge is 0.110 e. The Morgan fingerprint density at radius 1 is 0.576 bits per heavy atom. The van der Waals surface area contributed by atoms with Gasteiger partial charge in [0.2, 0.25) is 0 Å². The first-order valence-electron chi connectivity index (χ1n) is 23.0. The van der Waals surface area contributed by atoms with E-state index in [0.29, 0.717) is 11.3 Å². The lowest BCUT2D eigenvalue weighted by atomic mass is 9.87. The number of alkyl halides is 2. The molecule has 1 heterocycles. The zero-order chi connectivity index (χ0) is 41.1. The minimum atomic E-state index is -2.42. The van der Waals surface area contributed by atoms with Gasteiger partial charge in [0.15, 0.2) is 0 Å². The van der Waals surface area contributed by atoms with E-state index in [2.05, 4.69) is 136 Å². The fraction of sp³-hybridized carbons (Fsp3) is 0.463. The van der Waals surface area contributed by atoms with Gasteiger partial charge in [0.1, 0.15) is 5.54 Å². The largest absolute Gasteiger partial charge is 0.326 e. The number of allylic oxidation sites excluding steroid dienone is 3. The van der Waals surface area contributed by atoms with Crippen molar-refractivity contribution in [1.82, 2.24) is 0 Å². The van der Waals surface area contributed by atoms with Gasteiger partial charge in [-0.1, -0.05) is 129 Å². The Balaban J connectivity index is 1.47. The third-order valence-electron chi connectivity index (χ3n) is 14.9. The topological polar surface area (TPSA) is 6.48 Å². The molecule has 0 N–H and O–H groups in total. The van der Waals surface area contributed by atoms with Gasteiger partial charge < -0.3 is 9.80 Å². The highest BCUT2D eigenvalue weighted by Gasteiger charge is 2.60. The van der Waals surface area contributed by atoms with Crippen LogP contribution in [0, 0.1) is 41.5 Å². The van der Waals surface area contributed by atoms with E-state index in [4.69, 9.17) is 11.6 Å². The molecule has 310 valence electrons. The van der Waals surface area contributed by atoms with Crippen LogP contribution in [0.2, 0.25) is 0 Å². The van der Waals surface area contributed by atoms with Gasteiger partial charge in [-0.15, -0.1) is 23.2 Å². The average molecular weight is 844 g/mol. The second kappa shape index (κ2) is 16.6. The molecule has 4 aromatic carbocycles. The van der Waals surface area contributed by atoms with Gasteiger partial charge in [0.25, 0.3) is 0 Å². The maximum Gasteiger partial charge on any atom is 0.110 e. The van der Waals surface area contributed by atoms with Crippen LogP contribution >= 0.6 is 30.1 Å². The molecular formula is C54H65Cl2N2P. The summed E-state index contributed by atoms with van der Waals surface area (Å²) in [6.45, 7) is 13.5. The Kier molecular flexibility index (Phi) is 11.6. The van der Waals surface area contributed by atoms with Crippen molar-refractivity contribution in [2.24, 2.45) is 0 Å². The van der Waals surface area contributed by atoms with Crippen LogP contribution in [0.15, 0.2) is 90.5 Å². The zero-order valence-corrected chi connectivity index (χ0v) is 38.9. The lowest BCUT2D eigenvalue weighted by Gasteiger charge is -2.58. The second-order valence-corrected chi connectivity index (χ2v) is 24.5. The summed E-state index contributed by atoms with van der Waals surface area (Å²) in [5, 5.41) is -0.128. The number of aryl methyl sites for hydroxylation is 6. The monoisotopic (exact) mass is 842 g/mol. The highest BCUT2D eigenvalue weighted by molar-refractivity contribution is 7.81. The molecule has 59 heavy (non-hydrogen) atoms. The molecule has 0 radical (unpaired) electrons. The van der Waals surface area contributed by atoms with Gasteiger partial charge in [-0.05, 0) is 166 Å². The Bertz CT molecular complexity index is 2220. The van der Waals surface area contributed by atoms with Crippen LogP contribution in [0.25, 0.3) is 11.1 Å². The predicted octanol–water partition coefficient (Wildman–Crippen LogP) is 15.3. The van der Waals surface area contributed by atoms with E-state index in [1.165, 1.54) is 142 Å². The molecule has 5 aliphatic rings. The van der Waals surface area contributed by atoms with E-state index in [9.17, 15) is 11.6 Å². The summed E-state index contributed by atoms with van der Waals surface area (Å²) in [6, 6.07) is 29.9. The van der Waals surface area contributed by atoms with E-state index in [0.717, 1.165) is 32.4 Å². The van der Waals surface area contributed by atoms with Crippen LogP contribution in [0.1, 0.15) is 134 Å². The Morgan fingerprint density at radius 3 is 1.56 bits per heavy atom. The molecule has 2 atom stereocenters. The third kappa shape index (κ3) is 6.91. The van der Waals surface area contributed by atoms with Crippen molar-refractivity contribution in [2.75, 3.05) is 22.9 Å². The van der Waals surface area contributed by atoms with Crippen molar-refractivity contribution < 1.29 is 0 Å². The third-order valence-corrected chi connectivity index (χ3v) is 22.7. The van der Waals surface area contributed by atoms with Crippen molar-refractivity contribution in [3.63, 3.8) is 0 Å². The first-order chi connectivity index (χ1) is 28.5. The minimum absolute atomic E-state index is 0.128. The van der Waals surface area contributed by atoms with Crippen molar-refractivity contribution in [2.45, 2.75) is 146 Å². The summed E-state index contributed by atoms with van der Waals surface area (Å²) in [4.78, 5) is 5.77.